The predicted octanol–water partition coefficient (Wildman–Crippen LogP) is 5.31. The van der Waals surface area contributed by atoms with Crippen LogP contribution < -0.4 is 5.32 Å². The highest BCUT2D eigenvalue weighted by Crippen LogP contribution is 2.29. The quantitative estimate of drug-likeness (QED) is 0.525. The van der Waals surface area contributed by atoms with Gasteiger partial charge in [-0.15, -0.1) is 10.2 Å². The molecule has 1 amide bonds. The van der Waals surface area contributed by atoms with E-state index in [-0.39, 0.29) is 5.91 Å². The second-order valence-electron chi connectivity index (χ2n) is 5.78. The molecule has 0 aliphatic rings. The average molecular weight is 376 g/mol. The van der Waals surface area contributed by atoms with Crippen LogP contribution in [0, 0.1) is 0 Å². The molecule has 132 valence electrons. The van der Waals surface area contributed by atoms with Crippen LogP contribution in [0.15, 0.2) is 83.3 Å². The maximum absolute atomic E-state index is 12.5. The number of nitrogens with one attached hydrogen (secondary N) is 1. The summed E-state index contributed by atoms with van der Waals surface area (Å²) in [5, 5.41) is 11.7. The summed E-state index contributed by atoms with van der Waals surface area (Å²) in [7, 11) is 0. The molecule has 0 unspecified atom stereocenters. The summed E-state index contributed by atoms with van der Waals surface area (Å²) >= 11 is 5.88. The number of amides is 1. The van der Waals surface area contributed by atoms with Crippen LogP contribution in [0.25, 0.3) is 22.9 Å². The first-order chi connectivity index (χ1) is 13.2. The minimum atomic E-state index is -0.248. The fraction of sp³-hybridized carbons (Fsp3) is 0. The van der Waals surface area contributed by atoms with Crippen molar-refractivity contribution in [3.8, 4) is 22.9 Å². The second-order valence-corrected chi connectivity index (χ2v) is 6.22. The summed E-state index contributed by atoms with van der Waals surface area (Å²) in [4.78, 5) is 12.5. The van der Waals surface area contributed by atoms with Crippen molar-refractivity contribution in [2.75, 3.05) is 5.32 Å². The van der Waals surface area contributed by atoms with Gasteiger partial charge in [-0.25, -0.2) is 0 Å². The van der Waals surface area contributed by atoms with Crippen molar-refractivity contribution in [1.82, 2.24) is 10.2 Å². The third kappa shape index (κ3) is 3.73. The minimum absolute atomic E-state index is 0.248. The van der Waals surface area contributed by atoms with Gasteiger partial charge in [0.2, 0.25) is 11.8 Å². The largest absolute Gasteiger partial charge is 0.416 e. The van der Waals surface area contributed by atoms with Crippen molar-refractivity contribution < 1.29 is 9.21 Å². The first-order valence-corrected chi connectivity index (χ1v) is 8.64. The summed E-state index contributed by atoms with van der Waals surface area (Å²) in [6.07, 6.45) is 0. The van der Waals surface area contributed by atoms with Crippen LogP contribution in [0.3, 0.4) is 0 Å². The fourth-order valence-electron chi connectivity index (χ4n) is 2.60. The zero-order chi connectivity index (χ0) is 18.6. The minimum Gasteiger partial charge on any atom is -0.416 e. The highest BCUT2D eigenvalue weighted by molar-refractivity contribution is 6.30. The smallest absolute Gasteiger partial charge is 0.255 e. The molecule has 0 fully saturated rings. The van der Waals surface area contributed by atoms with E-state index in [1.807, 2.05) is 48.5 Å². The number of rotatable bonds is 4. The molecule has 6 heteroatoms. The molecule has 0 atom stereocenters. The maximum atomic E-state index is 12.5. The molecule has 1 N–H and O–H groups in total. The predicted molar refractivity (Wildman–Crippen MR) is 105 cm³/mol. The van der Waals surface area contributed by atoms with Crippen molar-refractivity contribution in [2.45, 2.75) is 0 Å². The molecule has 1 aromatic heterocycles. The van der Waals surface area contributed by atoms with Crippen molar-refractivity contribution in [2.24, 2.45) is 0 Å². The standard InChI is InChI=1S/C21H14ClN3O2/c22-16-12-10-14(11-13-16)19(26)23-18-9-5-4-8-17(18)21-25-24-20(27-21)15-6-2-1-3-7-15/h1-13H,(H,23,26). The van der Waals surface area contributed by atoms with Gasteiger partial charge in [0.15, 0.2) is 0 Å². The number of anilines is 1. The topological polar surface area (TPSA) is 68.0 Å². The molecular weight excluding hydrogens is 362 g/mol. The molecule has 3 aromatic carbocycles. The lowest BCUT2D eigenvalue weighted by molar-refractivity contribution is 0.102. The van der Waals surface area contributed by atoms with Gasteiger partial charge in [0.25, 0.3) is 5.91 Å². The second kappa shape index (κ2) is 7.43. The Morgan fingerprint density at radius 1 is 0.815 bits per heavy atom. The molecule has 0 aliphatic carbocycles. The summed E-state index contributed by atoms with van der Waals surface area (Å²) in [5.41, 5.74) is 2.57. The number of benzene rings is 3. The first kappa shape index (κ1) is 17.0. The maximum Gasteiger partial charge on any atom is 0.255 e. The summed E-state index contributed by atoms with van der Waals surface area (Å²) in [5.74, 6) is 0.507. The van der Waals surface area contributed by atoms with E-state index in [0.29, 0.717) is 33.6 Å². The molecule has 1 heterocycles. The SMILES string of the molecule is O=C(Nc1ccccc1-c1nnc(-c2ccccc2)o1)c1ccc(Cl)cc1. The zero-order valence-corrected chi connectivity index (χ0v) is 14.9. The normalized spacial score (nSPS) is 10.6. The third-order valence-electron chi connectivity index (χ3n) is 3.96. The number of halogens is 1. The summed E-state index contributed by atoms with van der Waals surface area (Å²) < 4.78 is 5.81. The monoisotopic (exact) mass is 375 g/mol. The van der Waals surface area contributed by atoms with Gasteiger partial charge in [0, 0.05) is 16.1 Å². The van der Waals surface area contributed by atoms with Gasteiger partial charge in [0.1, 0.15) is 0 Å². The molecule has 4 aromatic rings. The van der Waals surface area contributed by atoms with Crippen molar-refractivity contribution in [3.05, 3.63) is 89.4 Å². The molecule has 0 saturated heterocycles. The summed E-state index contributed by atoms with van der Waals surface area (Å²) in [6, 6.07) is 23.5. The molecule has 5 nitrogen and oxygen atoms in total. The Morgan fingerprint density at radius 3 is 2.26 bits per heavy atom. The Kier molecular flexibility index (Phi) is 4.68. The number of carbonyl (C=O) groups excluding carboxylic acids is 1. The van der Waals surface area contributed by atoms with Crippen molar-refractivity contribution in [1.29, 1.82) is 0 Å². The number of hydrogen-bond donors (Lipinski definition) is 1. The van der Waals surface area contributed by atoms with E-state index in [9.17, 15) is 4.79 Å². The number of para-hydroxylation sites is 1. The Labute approximate surface area is 160 Å². The summed E-state index contributed by atoms with van der Waals surface area (Å²) in [6.45, 7) is 0. The first-order valence-electron chi connectivity index (χ1n) is 8.26. The van der Waals surface area contributed by atoms with Gasteiger partial charge in [-0.1, -0.05) is 41.9 Å². The van der Waals surface area contributed by atoms with E-state index in [2.05, 4.69) is 15.5 Å². The van der Waals surface area contributed by atoms with Crippen LogP contribution >= 0.6 is 11.6 Å². The molecule has 0 spiro atoms. The Hall–Kier alpha value is -3.44. The van der Waals surface area contributed by atoms with Crippen LogP contribution in [0.4, 0.5) is 5.69 Å². The van der Waals surface area contributed by atoms with Gasteiger partial charge < -0.3 is 9.73 Å². The Balaban J connectivity index is 1.63. The van der Waals surface area contributed by atoms with E-state index < -0.39 is 0 Å². The van der Waals surface area contributed by atoms with Gasteiger partial charge >= 0.3 is 0 Å². The molecule has 0 aliphatic heterocycles. The molecule has 0 saturated carbocycles. The third-order valence-corrected chi connectivity index (χ3v) is 4.21. The van der Waals surface area contributed by atoms with Gasteiger partial charge in [-0.2, -0.15) is 0 Å². The lowest BCUT2D eigenvalue weighted by Gasteiger charge is -2.08. The van der Waals surface area contributed by atoms with Crippen molar-refractivity contribution >= 4 is 23.2 Å². The van der Waals surface area contributed by atoms with Gasteiger partial charge in [0.05, 0.1) is 11.3 Å². The lowest BCUT2D eigenvalue weighted by atomic mass is 10.1. The van der Waals surface area contributed by atoms with Crippen LogP contribution in [0.5, 0.6) is 0 Å². The van der Waals surface area contributed by atoms with Crippen LogP contribution in [-0.2, 0) is 0 Å². The Morgan fingerprint density at radius 2 is 1.48 bits per heavy atom. The van der Waals surface area contributed by atoms with E-state index in [4.69, 9.17) is 16.0 Å². The van der Waals surface area contributed by atoms with Gasteiger partial charge in [-0.3, -0.25) is 4.79 Å². The van der Waals surface area contributed by atoms with E-state index in [1.54, 1.807) is 30.3 Å². The van der Waals surface area contributed by atoms with Crippen LogP contribution in [0.2, 0.25) is 5.02 Å². The van der Waals surface area contributed by atoms with E-state index >= 15 is 0 Å². The van der Waals surface area contributed by atoms with E-state index in [1.165, 1.54) is 0 Å². The molecule has 0 radical (unpaired) electrons. The lowest BCUT2D eigenvalue weighted by Crippen LogP contribution is -2.12. The number of aromatic nitrogens is 2. The molecule has 4 rings (SSSR count). The van der Waals surface area contributed by atoms with Gasteiger partial charge in [-0.05, 0) is 48.5 Å². The molecule has 27 heavy (non-hydrogen) atoms. The number of carbonyl (C=O) groups is 1. The highest BCUT2D eigenvalue weighted by atomic mass is 35.5. The van der Waals surface area contributed by atoms with Crippen LogP contribution in [-0.4, -0.2) is 16.1 Å². The molecule has 0 bridgehead atoms. The molecular formula is C21H14ClN3O2. The highest BCUT2D eigenvalue weighted by Gasteiger charge is 2.15. The zero-order valence-electron chi connectivity index (χ0n) is 14.1. The van der Waals surface area contributed by atoms with E-state index in [0.717, 1.165) is 5.56 Å². The fourth-order valence-corrected chi connectivity index (χ4v) is 2.73. The average Bonchev–Trinajstić information content (AvgIpc) is 3.19. The number of nitrogens with zero attached hydrogens (tertiary/aromatic N) is 2. The Bertz CT molecular complexity index is 1080. The van der Waals surface area contributed by atoms with Crippen LogP contribution in [0.1, 0.15) is 10.4 Å². The number of hydrogen-bond acceptors (Lipinski definition) is 4. The van der Waals surface area contributed by atoms with Crippen molar-refractivity contribution in [3.63, 3.8) is 0 Å².